The van der Waals surface area contributed by atoms with Gasteiger partial charge in [-0.2, -0.15) is 5.10 Å². The van der Waals surface area contributed by atoms with Gasteiger partial charge in [-0.3, -0.25) is 0 Å². The molecule has 0 aromatic heterocycles. The molecule has 0 radical (unpaired) electrons. The summed E-state index contributed by atoms with van der Waals surface area (Å²) in [6.07, 6.45) is 4.30. The van der Waals surface area contributed by atoms with Crippen molar-refractivity contribution in [1.82, 2.24) is 5.43 Å². The molecule has 1 aliphatic rings. The maximum Gasteiger partial charge on any atom is 0.0492 e. The van der Waals surface area contributed by atoms with E-state index in [2.05, 4.69) is 24.4 Å². The molecule has 0 saturated carbocycles. The zero-order chi connectivity index (χ0) is 6.69. The van der Waals surface area contributed by atoms with E-state index in [-0.39, 0.29) is 0 Å². The van der Waals surface area contributed by atoms with Crippen molar-refractivity contribution in [2.24, 2.45) is 11.0 Å². The molecule has 52 valence electrons. The van der Waals surface area contributed by atoms with E-state index in [1.54, 1.807) is 0 Å². The Hall–Kier alpha value is -0.530. The van der Waals surface area contributed by atoms with Gasteiger partial charge in [0.2, 0.25) is 0 Å². The Labute approximate surface area is 56.3 Å². The Kier molecular flexibility index (Phi) is 2.09. The summed E-state index contributed by atoms with van der Waals surface area (Å²) in [6.45, 7) is 4.47. The Morgan fingerprint density at radius 1 is 1.78 bits per heavy atom. The summed E-state index contributed by atoms with van der Waals surface area (Å²) < 4.78 is 0. The first-order chi connectivity index (χ1) is 4.29. The number of hydrogen-bond donors (Lipinski definition) is 1. The molecule has 0 aromatic rings. The molecule has 0 saturated heterocycles. The lowest BCUT2D eigenvalue weighted by Crippen LogP contribution is -2.20. The van der Waals surface area contributed by atoms with Crippen molar-refractivity contribution >= 4 is 6.21 Å². The number of rotatable bonds is 2. The fourth-order valence-corrected chi connectivity index (χ4v) is 1.11. The van der Waals surface area contributed by atoms with Crippen LogP contribution in [0.5, 0.6) is 0 Å². The van der Waals surface area contributed by atoms with Crippen LogP contribution in [0.3, 0.4) is 0 Å². The third-order valence-corrected chi connectivity index (χ3v) is 1.49. The molecule has 1 aliphatic heterocycles. The largest absolute Gasteiger partial charge is 0.307 e. The van der Waals surface area contributed by atoms with Gasteiger partial charge in [-0.1, -0.05) is 13.8 Å². The molecular formula is C7H14N2. The van der Waals surface area contributed by atoms with Gasteiger partial charge in [-0.05, 0) is 12.3 Å². The smallest absolute Gasteiger partial charge is 0.0492 e. The third kappa shape index (κ3) is 2.04. The summed E-state index contributed by atoms with van der Waals surface area (Å²) in [6, 6.07) is 0.616. The second-order valence-electron chi connectivity index (χ2n) is 3.00. The predicted octanol–water partition coefficient (Wildman–Crippen LogP) is 1.38. The Balaban J connectivity index is 2.14. The number of hydrazone groups is 1. The van der Waals surface area contributed by atoms with Crippen molar-refractivity contribution < 1.29 is 0 Å². The first-order valence-electron chi connectivity index (χ1n) is 3.56. The SMILES string of the molecule is CC(C)CC1CC=NN1. The highest BCUT2D eigenvalue weighted by Crippen LogP contribution is 2.08. The lowest BCUT2D eigenvalue weighted by Gasteiger charge is -2.10. The molecule has 1 rings (SSSR count). The van der Waals surface area contributed by atoms with Crippen molar-refractivity contribution in [3.63, 3.8) is 0 Å². The summed E-state index contributed by atoms with van der Waals surface area (Å²) in [7, 11) is 0. The van der Waals surface area contributed by atoms with Gasteiger partial charge in [-0.25, -0.2) is 0 Å². The highest BCUT2D eigenvalue weighted by Gasteiger charge is 2.10. The van der Waals surface area contributed by atoms with E-state index >= 15 is 0 Å². The molecular weight excluding hydrogens is 112 g/mol. The molecule has 0 aromatic carbocycles. The molecule has 2 nitrogen and oxygen atoms in total. The summed E-state index contributed by atoms with van der Waals surface area (Å²) in [5.41, 5.74) is 3.06. The maximum absolute atomic E-state index is 3.94. The normalized spacial score (nSPS) is 25.0. The average molecular weight is 126 g/mol. The van der Waals surface area contributed by atoms with Crippen LogP contribution in [0.1, 0.15) is 26.7 Å². The Bertz CT molecular complexity index is 99.5. The summed E-state index contributed by atoms with van der Waals surface area (Å²) in [5.74, 6) is 0.782. The van der Waals surface area contributed by atoms with Crippen LogP contribution in [-0.2, 0) is 0 Å². The van der Waals surface area contributed by atoms with Gasteiger partial charge >= 0.3 is 0 Å². The van der Waals surface area contributed by atoms with Crippen LogP contribution in [0, 0.1) is 5.92 Å². The number of hydrogen-bond acceptors (Lipinski definition) is 2. The van der Waals surface area contributed by atoms with Crippen LogP contribution in [0.4, 0.5) is 0 Å². The second kappa shape index (κ2) is 2.85. The number of nitrogens with zero attached hydrogens (tertiary/aromatic N) is 1. The van der Waals surface area contributed by atoms with Gasteiger partial charge < -0.3 is 5.43 Å². The van der Waals surface area contributed by atoms with Crippen LogP contribution in [0.25, 0.3) is 0 Å². The first kappa shape index (κ1) is 6.59. The molecule has 1 unspecified atom stereocenters. The van der Waals surface area contributed by atoms with E-state index < -0.39 is 0 Å². The topological polar surface area (TPSA) is 24.4 Å². The summed E-state index contributed by atoms with van der Waals surface area (Å²) in [5, 5.41) is 3.94. The molecule has 1 atom stereocenters. The number of nitrogens with one attached hydrogen (secondary N) is 1. The van der Waals surface area contributed by atoms with Crippen molar-refractivity contribution in [3.8, 4) is 0 Å². The van der Waals surface area contributed by atoms with Crippen LogP contribution >= 0.6 is 0 Å². The highest BCUT2D eigenvalue weighted by atomic mass is 15.3. The third-order valence-electron chi connectivity index (χ3n) is 1.49. The standard InChI is InChI=1S/C7H14N2/c1-6(2)5-7-3-4-8-9-7/h4,6-7,9H,3,5H2,1-2H3. The molecule has 0 spiro atoms. The lowest BCUT2D eigenvalue weighted by molar-refractivity contribution is 0.456. The molecule has 0 aliphatic carbocycles. The molecule has 2 heteroatoms. The van der Waals surface area contributed by atoms with Crippen LogP contribution < -0.4 is 5.43 Å². The van der Waals surface area contributed by atoms with E-state index in [1.165, 1.54) is 6.42 Å². The monoisotopic (exact) mass is 126 g/mol. The van der Waals surface area contributed by atoms with Crippen molar-refractivity contribution in [1.29, 1.82) is 0 Å². The molecule has 9 heavy (non-hydrogen) atoms. The van der Waals surface area contributed by atoms with Crippen LogP contribution in [0.2, 0.25) is 0 Å². The van der Waals surface area contributed by atoms with Gasteiger partial charge in [0.25, 0.3) is 0 Å². The van der Waals surface area contributed by atoms with E-state index in [4.69, 9.17) is 0 Å². The van der Waals surface area contributed by atoms with Crippen LogP contribution in [0.15, 0.2) is 5.10 Å². The average Bonchev–Trinajstić information content (AvgIpc) is 2.15. The highest BCUT2D eigenvalue weighted by molar-refractivity contribution is 5.59. The van der Waals surface area contributed by atoms with E-state index in [0.29, 0.717) is 6.04 Å². The Morgan fingerprint density at radius 2 is 2.56 bits per heavy atom. The van der Waals surface area contributed by atoms with Crippen LogP contribution in [-0.4, -0.2) is 12.3 Å². The van der Waals surface area contributed by atoms with E-state index in [0.717, 1.165) is 12.3 Å². The van der Waals surface area contributed by atoms with E-state index in [9.17, 15) is 0 Å². The van der Waals surface area contributed by atoms with Crippen molar-refractivity contribution in [3.05, 3.63) is 0 Å². The van der Waals surface area contributed by atoms with E-state index in [1.807, 2.05) is 6.21 Å². The molecule has 0 bridgehead atoms. The fraction of sp³-hybridized carbons (Fsp3) is 0.857. The van der Waals surface area contributed by atoms with Gasteiger partial charge in [0.1, 0.15) is 0 Å². The lowest BCUT2D eigenvalue weighted by atomic mass is 10.0. The zero-order valence-corrected chi connectivity index (χ0v) is 6.09. The predicted molar refractivity (Wildman–Crippen MR) is 39.5 cm³/mol. The van der Waals surface area contributed by atoms with Gasteiger partial charge in [0, 0.05) is 18.7 Å². The first-order valence-corrected chi connectivity index (χ1v) is 3.56. The summed E-state index contributed by atoms with van der Waals surface area (Å²) in [4.78, 5) is 0. The minimum absolute atomic E-state index is 0.616. The molecule has 1 heterocycles. The van der Waals surface area contributed by atoms with Crippen molar-refractivity contribution in [2.45, 2.75) is 32.7 Å². The van der Waals surface area contributed by atoms with Gasteiger partial charge in [0.15, 0.2) is 0 Å². The minimum Gasteiger partial charge on any atom is -0.307 e. The van der Waals surface area contributed by atoms with Gasteiger partial charge in [-0.15, -0.1) is 0 Å². The molecule has 0 amide bonds. The fourth-order valence-electron chi connectivity index (χ4n) is 1.11. The quantitative estimate of drug-likeness (QED) is 0.594. The summed E-state index contributed by atoms with van der Waals surface area (Å²) >= 11 is 0. The second-order valence-corrected chi connectivity index (χ2v) is 3.00. The zero-order valence-electron chi connectivity index (χ0n) is 6.09. The minimum atomic E-state index is 0.616. The van der Waals surface area contributed by atoms with Crippen molar-refractivity contribution in [2.75, 3.05) is 0 Å². The maximum atomic E-state index is 3.94. The Morgan fingerprint density at radius 3 is 3.00 bits per heavy atom. The molecule has 0 fully saturated rings. The van der Waals surface area contributed by atoms with Gasteiger partial charge in [0.05, 0.1) is 0 Å². The molecule has 1 N–H and O–H groups in total.